The van der Waals surface area contributed by atoms with Gasteiger partial charge in [-0.15, -0.1) is 0 Å². The summed E-state index contributed by atoms with van der Waals surface area (Å²) in [6.45, 7) is 10.0. The molecule has 2 aliphatic rings. The van der Waals surface area contributed by atoms with Gasteiger partial charge in [0.05, 0.1) is 26.4 Å². The summed E-state index contributed by atoms with van der Waals surface area (Å²) >= 11 is 0. The van der Waals surface area contributed by atoms with Crippen LogP contribution >= 0.6 is 0 Å². The molecule has 0 radical (unpaired) electrons. The van der Waals surface area contributed by atoms with E-state index in [0.717, 1.165) is 26.0 Å². The van der Waals surface area contributed by atoms with Gasteiger partial charge in [0, 0.05) is 57.4 Å². The number of benzene rings is 2. The van der Waals surface area contributed by atoms with Crippen LogP contribution in [0.25, 0.3) is 22.3 Å². The van der Waals surface area contributed by atoms with Crippen molar-refractivity contribution < 1.29 is 81.2 Å². The van der Waals surface area contributed by atoms with E-state index in [1.54, 1.807) is 13.8 Å². The Morgan fingerprint density at radius 3 is 1.72 bits per heavy atom. The van der Waals surface area contributed by atoms with Gasteiger partial charge in [0.1, 0.15) is 40.4 Å². The molecule has 2 fully saturated rings. The van der Waals surface area contributed by atoms with Gasteiger partial charge in [-0.05, 0) is 25.0 Å². The van der Waals surface area contributed by atoms with E-state index in [2.05, 4.69) is 0 Å². The van der Waals surface area contributed by atoms with E-state index in [-0.39, 0.29) is 46.1 Å². The third-order valence-corrected chi connectivity index (χ3v) is 9.70. The van der Waals surface area contributed by atoms with Crippen molar-refractivity contribution in [2.75, 3.05) is 14.2 Å². The summed E-state index contributed by atoms with van der Waals surface area (Å²) in [7, 11) is 2.67. The summed E-state index contributed by atoms with van der Waals surface area (Å²) in [6.07, 6.45) is -10.2. The van der Waals surface area contributed by atoms with Crippen LogP contribution in [-0.4, -0.2) is 104 Å². The van der Waals surface area contributed by atoms with Crippen molar-refractivity contribution >= 4 is 34.8 Å². The molecule has 18 nitrogen and oxygen atoms in total. The van der Waals surface area contributed by atoms with Crippen molar-refractivity contribution in [1.82, 2.24) is 0 Å². The molecule has 0 spiro atoms. The number of phenols is 2. The first-order chi connectivity index (χ1) is 27.5. The fraction of sp³-hybridized carbons (Fsp3) is 0.525. The highest BCUT2D eigenvalue weighted by molar-refractivity contribution is 5.86. The summed E-state index contributed by atoms with van der Waals surface area (Å²) < 4.78 is 64.5. The molecular formula is C40H48O18. The summed E-state index contributed by atoms with van der Waals surface area (Å²) in [6, 6.07) is 6.42. The third kappa shape index (κ3) is 9.40. The molecule has 0 amide bonds. The summed E-state index contributed by atoms with van der Waals surface area (Å²) in [5.41, 5.74) is -0.451. The second kappa shape index (κ2) is 18.3. The largest absolute Gasteiger partial charge is 0.507 e. The van der Waals surface area contributed by atoms with E-state index < -0.39 is 96.3 Å². The first kappa shape index (κ1) is 43.5. The Bertz CT molecular complexity index is 2030. The number of phenolic OH excluding ortho intramolecular Hbond substituents is 2. The number of esters is 4. The number of aromatic hydroxyl groups is 2. The van der Waals surface area contributed by atoms with Crippen LogP contribution in [0.4, 0.5) is 0 Å². The summed E-state index contributed by atoms with van der Waals surface area (Å²) in [4.78, 5) is 63.1. The number of carbonyl (C=O) groups is 4. The zero-order valence-electron chi connectivity index (χ0n) is 33.5. The van der Waals surface area contributed by atoms with Gasteiger partial charge in [0.25, 0.3) is 0 Å². The number of rotatable bonds is 13. The molecule has 5 rings (SSSR count). The smallest absolute Gasteiger partial charge is 0.303 e. The predicted molar refractivity (Wildman–Crippen MR) is 199 cm³/mol. The van der Waals surface area contributed by atoms with Crippen LogP contribution in [0.1, 0.15) is 61.3 Å². The van der Waals surface area contributed by atoms with E-state index in [0.29, 0.717) is 12.0 Å². The maximum Gasteiger partial charge on any atom is 0.303 e. The minimum absolute atomic E-state index is 0.0194. The topological polar surface area (TPSA) is 231 Å². The highest BCUT2D eigenvalue weighted by atomic mass is 16.8. The molecule has 316 valence electrons. The van der Waals surface area contributed by atoms with E-state index in [1.165, 1.54) is 46.3 Å². The van der Waals surface area contributed by atoms with E-state index in [4.69, 9.17) is 51.8 Å². The molecule has 2 saturated heterocycles. The normalized spacial score (nSPS) is 26.9. The predicted octanol–water partition coefficient (Wildman–Crippen LogP) is 4.29. The number of methoxy groups -OCH3 is 2. The van der Waals surface area contributed by atoms with Gasteiger partial charge < -0.3 is 62.0 Å². The Balaban J connectivity index is 1.55. The molecule has 2 aromatic carbocycles. The van der Waals surface area contributed by atoms with Gasteiger partial charge in [-0.3, -0.25) is 24.0 Å². The number of ether oxygens (including phenoxy) is 10. The van der Waals surface area contributed by atoms with Crippen LogP contribution in [-0.2, 0) is 52.3 Å². The lowest BCUT2D eigenvalue weighted by Crippen LogP contribution is -2.65. The van der Waals surface area contributed by atoms with Gasteiger partial charge in [-0.2, -0.15) is 0 Å². The average Bonchev–Trinajstić information content (AvgIpc) is 3.15. The van der Waals surface area contributed by atoms with Gasteiger partial charge in [0.15, 0.2) is 35.4 Å². The lowest BCUT2D eigenvalue weighted by atomic mass is 9.88. The van der Waals surface area contributed by atoms with Crippen LogP contribution in [0.15, 0.2) is 39.5 Å². The van der Waals surface area contributed by atoms with Crippen molar-refractivity contribution in [3.8, 4) is 40.1 Å². The SMILES string of the molecule is CC[C@H]1O[C@@H](O[C@H]2[C@H](OC(C)=O)[C@@H](OC(C)=O)[C@H](Oc3cc(O)c4c(=O)cc(-c5cc(OC)c(O)c(OC)c5)oc4c3)O[C@@H]2CC)[C@H](OC(C)=O)[C@@H](OC(C)=O)[C@@H]1C. The standard InChI is InChI=1S/C40H48O18/c1-10-26-17(3)34(50-18(4)41)37(52-20(6)43)40(56-26)58-35-27(11-2)57-39(38(53-21(7)44)36(35)51-19(5)42)54-23-14-24(45)32-25(46)16-28(55-29(32)15-23)22-12-30(48-8)33(47)31(13-22)49-9/h12-17,26-27,34-40,45,47H,10-11H2,1-9H3/t17-,26-,27-,34+,35-,36+,37-,38-,39-,40+/m1/s1. The molecule has 3 aromatic rings. The molecule has 0 unspecified atom stereocenters. The van der Waals surface area contributed by atoms with Crippen LogP contribution < -0.4 is 19.6 Å². The zero-order chi connectivity index (χ0) is 42.6. The number of hydrogen-bond donors (Lipinski definition) is 2. The molecule has 2 N–H and O–H groups in total. The third-order valence-electron chi connectivity index (χ3n) is 9.70. The zero-order valence-corrected chi connectivity index (χ0v) is 33.5. The minimum Gasteiger partial charge on any atom is -0.507 e. The summed E-state index contributed by atoms with van der Waals surface area (Å²) in [5.74, 6) is -4.16. The minimum atomic E-state index is -1.52. The van der Waals surface area contributed by atoms with Gasteiger partial charge >= 0.3 is 23.9 Å². The highest BCUT2D eigenvalue weighted by Gasteiger charge is 2.55. The fourth-order valence-electron chi connectivity index (χ4n) is 7.18. The van der Waals surface area contributed by atoms with E-state index >= 15 is 0 Å². The van der Waals surface area contributed by atoms with Crippen LogP contribution in [0.2, 0.25) is 0 Å². The second-order valence-corrected chi connectivity index (χ2v) is 13.8. The lowest BCUT2D eigenvalue weighted by Gasteiger charge is -2.48. The van der Waals surface area contributed by atoms with Crippen molar-refractivity contribution in [3.63, 3.8) is 0 Å². The second-order valence-electron chi connectivity index (χ2n) is 13.8. The first-order valence-corrected chi connectivity index (χ1v) is 18.6. The van der Waals surface area contributed by atoms with Gasteiger partial charge in [-0.1, -0.05) is 20.8 Å². The molecular weight excluding hydrogens is 768 g/mol. The number of fused-ring (bicyclic) bond motifs is 1. The Morgan fingerprint density at radius 2 is 1.19 bits per heavy atom. The molecule has 0 saturated carbocycles. The maximum atomic E-state index is 13.3. The Kier molecular flexibility index (Phi) is 13.8. The van der Waals surface area contributed by atoms with E-state index in [9.17, 15) is 34.2 Å². The first-order valence-electron chi connectivity index (χ1n) is 18.6. The molecule has 58 heavy (non-hydrogen) atoms. The van der Waals surface area contributed by atoms with Crippen LogP contribution in [0.5, 0.6) is 28.7 Å². The quantitative estimate of drug-likeness (QED) is 0.181. The molecule has 1 aromatic heterocycles. The molecule has 10 atom stereocenters. The van der Waals surface area contributed by atoms with Crippen molar-refractivity contribution in [2.45, 2.75) is 117 Å². The monoisotopic (exact) mass is 816 g/mol. The van der Waals surface area contributed by atoms with Crippen molar-refractivity contribution in [3.05, 3.63) is 40.6 Å². The number of hydrogen-bond acceptors (Lipinski definition) is 18. The Hall–Kier alpha value is -5.59. The lowest BCUT2D eigenvalue weighted by molar-refractivity contribution is -0.346. The van der Waals surface area contributed by atoms with Crippen molar-refractivity contribution in [2.24, 2.45) is 5.92 Å². The highest BCUT2D eigenvalue weighted by Crippen LogP contribution is 2.42. The number of carbonyl (C=O) groups excluding carboxylic acids is 4. The van der Waals surface area contributed by atoms with Crippen LogP contribution in [0, 0.1) is 5.92 Å². The molecule has 0 bridgehead atoms. The van der Waals surface area contributed by atoms with Gasteiger partial charge in [0.2, 0.25) is 18.1 Å². The maximum absolute atomic E-state index is 13.3. The molecule has 18 heteroatoms. The van der Waals surface area contributed by atoms with Crippen LogP contribution in [0.3, 0.4) is 0 Å². The Morgan fingerprint density at radius 1 is 0.672 bits per heavy atom. The molecule has 2 aliphatic heterocycles. The Labute approximate surface area is 333 Å². The summed E-state index contributed by atoms with van der Waals surface area (Å²) in [5, 5.41) is 21.3. The molecule has 0 aliphatic carbocycles. The molecule has 3 heterocycles. The van der Waals surface area contributed by atoms with E-state index in [1.807, 2.05) is 6.92 Å². The van der Waals surface area contributed by atoms with Gasteiger partial charge in [-0.25, -0.2) is 0 Å². The fourth-order valence-corrected chi connectivity index (χ4v) is 7.18. The van der Waals surface area contributed by atoms with Crippen molar-refractivity contribution in [1.29, 1.82) is 0 Å². The average molecular weight is 817 g/mol.